The van der Waals surface area contributed by atoms with Gasteiger partial charge in [-0.3, -0.25) is 4.79 Å². The van der Waals surface area contributed by atoms with Gasteiger partial charge in [-0.1, -0.05) is 53.5 Å². The van der Waals surface area contributed by atoms with Crippen molar-refractivity contribution in [2.45, 2.75) is 0 Å². The molecule has 5 heteroatoms. The lowest BCUT2D eigenvalue weighted by Gasteiger charge is -2.10. The van der Waals surface area contributed by atoms with Gasteiger partial charge in [0, 0.05) is 10.7 Å². The predicted octanol–water partition coefficient (Wildman–Crippen LogP) is 5.20. The molecule has 0 bridgehead atoms. The highest BCUT2D eigenvalue weighted by Gasteiger charge is 2.06. The molecule has 2 N–H and O–H groups in total. The van der Waals surface area contributed by atoms with Gasteiger partial charge >= 0.3 is 0 Å². The SMILES string of the molecule is O=C(CNc1cc(Cl)ccc1Cl)Nc1ccc2ccccc2c1. The molecule has 0 atom stereocenters. The first-order chi connectivity index (χ1) is 11.1. The van der Waals surface area contributed by atoms with Gasteiger partial charge in [0.25, 0.3) is 0 Å². The summed E-state index contributed by atoms with van der Waals surface area (Å²) in [5, 5.41) is 9.14. The lowest BCUT2D eigenvalue weighted by molar-refractivity contribution is -0.114. The number of benzene rings is 3. The second kappa shape index (κ2) is 6.90. The van der Waals surface area contributed by atoms with Gasteiger partial charge in [-0.15, -0.1) is 0 Å². The second-order valence-corrected chi connectivity index (χ2v) is 5.93. The average Bonchev–Trinajstić information content (AvgIpc) is 2.55. The zero-order valence-corrected chi connectivity index (χ0v) is 13.7. The minimum Gasteiger partial charge on any atom is -0.375 e. The molecule has 0 aliphatic rings. The number of hydrogen-bond donors (Lipinski definition) is 2. The van der Waals surface area contributed by atoms with E-state index >= 15 is 0 Å². The van der Waals surface area contributed by atoms with Gasteiger partial charge in [0.05, 0.1) is 17.3 Å². The van der Waals surface area contributed by atoms with Gasteiger partial charge in [0.2, 0.25) is 5.91 Å². The maximum atomic E-state index is 12.1. The Balaban J connectivity index is 1.65. The molecule has 0 heterocycles. The normalized spacial score (nSPS) is 10.5. The number of rotatable bonds is 4. The van der Waals surface area contributed by atoms with Crippen LogP contribution in [-0.2, 0) is 4.79 Å². The molecule has 0 spiro atoms. The van der Waals surface area contributed by atoms with E-state index in [9.17, 15) is 4.79 Å². The van der Waals surface area contributed by atoms with E-state index in [4.69, 9.17) is 23.2 Å². The van der Waals surface area contributed by atoms with E-state index in [-0.39, 0.29) is 12.5 Å². The monoisotopic (exact) mass is 344 g/mol. The smallest absolute Gasteiger partial charge is 0.243 e. The minimum absolute atomic E-state index is 0.104. The summed E-state index contributed by atoms with van der Waals surface area (Å²) in [4.78, 5) is 12.1. The van der Waals surface area contributed by atoms with Crippen LogP contribution < -0.4 is 10.6 Å². The van der Waals surface area contributed by atoms with Crippen molar-refractivity contribution in [3.05, 3.63) is 70.7 Å². The van der Waals surface area contributed by atoms with E-state index in [1.165, 1.54) is 0 Å². The number of nitrogens with one attached hydrogen (secondary N) is 2. The quantitative estimate of drug-likeness (QED) is 0.683. The summed E-state index contributed by atoms with van der Waals surface area (Å²) in [6.45, 7) is 0.104. The zero-order valence-electron chi connectivity index (χ0n) is 12.1. The summed E-state index contributed by atoms with van der Waals surface area (Å²) >= 11 is 12.0. The Morgan fingerprint density at radius 2 is 1.70 bits per heavy atom. The highest BCUT2D eigenvalue weighted by atomic mass is 35.5. The van der Waals surface area contributed by atoms with Gasteiger partial charge in [-0.25, -0.2) is 0 Å². The van der Waals surface area contributed by atoms with Crippen LogP contribution in [0.25, 0.3) is 10.8 Å². The first-order valence-corrected chi connectivity index (χ1v) is 7.85. The Morgan fingerprint density at radius 1 is 0.913 bits per heavy atom. The van der Waals surface area contributed by atoms with Gasteiger partial charge in [-0.05, 0) is 41.1 Å². The van der Waals surface area contributed by atoms with Crippen LogP contribution in [0, 0.1) is 0 Å². The van der Waals surface area contributed by atoms with Crippen molar-refractivity contribution in [2.24, 2.45) is 0 Å². The molecule has 0 aromatic heterocycles. The van der Waals surface area contributed by atoms with Crippen LogP contribution in [-0.4, -0.2) is 12.5 Å². The highest BCUT2D eigenvalue weighted by Crippen LogP contribution is 2.25. The Hall–Kier alpha value is -2.23. The third-order valence-corrected chi connectivity index (χ3v) is 3.97. The number of anilines is 2. The summed E-state index contributed by atoms with van der Waals surface area (Å²) in [5.41, 5.74) is 1.39. The van der Waals surface area contributed by atoms with Crippen LogP contribution in [0.15, 0.2) is 60.7 Å². The van der Waals surface area contributed by atoms with E-state index in [0.717, 1.165) is 16.5 Å². The van der Waals surface area contributed by atoms with E-state index in [2.05, 4.69) is 10.6 Å². The van der Waals surface area contributed by atoms with Crippen LogP contribution in [0.3, 0.4) is 0 Å². The molecule has 0 aliphatic carbocycles. The lowest BCUT2D eigenvalue weighted by atomic mass is 10.1. The number of halogens is 2. The third-order valence-electron chi connectivity index (χ3n) is 3.40. The molecular weight excluding hydrogens is 331 g/mol. The summed E-state index contributed by atoms with van der Waals surface area (Å²) in [6.07, 6.45) is 0. The number of carbonyl (C=O) groups excluding carboxylic acids is 1. The van der Waals surface area contributed by atoms with E-state index in [1.807, 2.05) is 42.5 Å². The molecule has 23 heavy (non-hydrogen) atoms. The van der Waals surface area contributed by atoms with Gasteiger partial charge in [0.15, 0.2) is 0 Å². The fourth-order valence-corrected chi connectivity index (χ4v) is 2.64. The fraction of sp³-hybridized carbons (Fsp3) is 0.0556. The first-order valence-electron chi connectivity index (χ1n) is 7.09. The molecule has 0 saturated heterocycles. The Morgan fingerprint density at radius 3 is 2.52 bits per heavy atom. The predicted molar refractivity (Wildman–Crippen MR) is 97.5 cm³/mol. The molecule has 0 aliphatic heterocycles. The number of amides is 1. The summed E-state index contributed by atoms with van der Waals surface area (Å²) in [5.74, 6) is -0.156. The van der Waals surface area contributed by atoms with Crippen LogP contribution in [0.4, 0.5) is 11.4 Å². The second-order valence-electron chi connectivity index (χ2n) is 5.09. The highest BCUT2D eigenvalue weighted by molar-refractivity contribution is 6.35. The van der Waals surface area contributed by atoms with Gasteiger partial charge in [0.1, 0.15) is 0 Å². The molecule has 3 rings (SSSR count). The van der Waals surface area contributed by atoms with Gasteiger partial charge in [-0.2, -0.15) is 0 Å². The number of hydrogen-bond acceptors (Lipinski definition) is 2. The lowest BCUT2D eigenvalue weighted by Crippen LogP contribution is -2.21. The molecule has 116 valence electrons. The molecule has 0 unspecified atom stereocenters. The molecule has 0 saturated carbocycles. The topological polar surface area (TPSA) is 41.1 Å². The molecule has 0 fully saturated rings. The Kier molecular flexibility index (Phi) is 4.70. The molecule has 3 aromatic carbocycles. The van der Waals surface area contributed by atoms with Crippen LogP contribution in [0.2, 0.25) is 10.0 Å². The van der Waals surface area contributed by atoms with E-state index < -0.39 is 0 Å². The van der Waals surface area contributed by atoms with Crippen LogP contribution in [0.1, 0.15) is 0 Å². The Labute approximate surface area is 144 Å². The number of carbonyl (C=O) groups is 1. The van der Waals surface area contributed by atoms with Crippen molar-refractivity contribution < 1.29 is 4.79 Å². The van der Waals surface area contributed by atoms with Crippen molar-refractivity contribution >= 4 is 51.3 Å². The van der Waals surface area contributed by atoms with E-state index in [1.54, 1.807) is 18.2 Å². The van der Waals surface area contributed by atoms with Crippen molar-refractivity contribution in [3.63, 3.8) is 0 Å². The van der Waals surface area contributed by atoms with Crippen LogP contribution in [0.5, 0.6) is 0 Å². The van der Waals surface area contributed by atoms with E-state index in [0.29, 0.717) is 15.7 Å². The first kappa shape index (κ1) is 15.7. The zero-order chi connectivity index (χ0) is 16.2. The molecule has 3 nitrogen and oxygen atoms in total. The molecule has 1 amide bonds. The van der Waals surface area contributed by atoms with Crippen molar-refractivity contribution in [1.82, 2.24) is 0 Å². The molecule has 3 aromatic rings. The van der Waals surface area contributed by atoms with Gasteiger partial charge < -0.3 is 10.6 Å². The van der Waals surface area contributed by atoms with Crippen LogP contribution >= 0.6 is 23.2 Å². The molecule has 0 radical (unpaired) electrons. The van der Waals surface area contributed by atoms with Crippen molar-refractivity contribution in [2.75, 3.05) is 17.2 Å². The maximum Gasteiger partial charge on any atom is 0.243 e. The number of fused-ring (bicyclic) bond motifs is 1. The standard InChI is InChI=1S/C18H14Cl2N2O/c19-14-6-8-16(20)17(10-14)21-11-18(23)22-15-7-5-12-3-1-2-4-13(12)9-15/h1-10,21H,11H2,(H,22,23). The summed E-state index contributed by atoms with van der Waals surface area (Å²) in [6, 6.07) is 18.9. The molecular formula is C18H14Cl2N2O. The summed E-state index contributed by atoms with van der Waals surface area (Å²) < 4.78 is 0. The fourth-order valence-electron chi connectivity index (χ4n) is 2.28. The maximum absolute atomic E-state index is 12.1. The average molecular weight is 345 g/mol. The largest absolute Gasteiger partial charge is 0.375 e. The third kappa shape index (κ3) is 3.95. The minimum atomic E-state index is -0.156. The van der Waals surface area contributed by atoms with Crippen molar-refractivity contribution in [3.8, 4) is 0 Å². The van der Waals surface area contributed by atoms with Crippen molar-refractivity contribution in [1.29, 1.82) is 0 Å². The summed E-state index contributed by atoms with van der Waals surface area (Å²) in [7, 11) is 0. The Bertz CT molecular complexity index is 865.